The fourth-order valence-corrected chi connectivity index (χ4v) is 5.28. The lowest BCUT2D eigenvalue weighted by atomic mass is 10.0. The van der Waals surface area contributed by atoms with Crippen LogP contribution in [-0.2, 0) is 21.4 Å². The quantitative estimate of drug-likeness (QED) is 0.368. The van der Waals surface area contributed by atoms with Gasteiger partial charge in [-0.1, -0.05) is 30.3 Å². The zero-order chi connectivity index (χ0) is 26.6. The van der Waals surface area contributed by atoms with Gasteiger partial charge in [-0.3, -0.25) is 9.78 Å². The van der Waals surface area contributed by atoms with Gasteiger partial charge in [0.15, 0.2) is 0 Å². The number of pyridine rings is 1. The molecule has 2 aromatic carbocycles. The lowest BCUT2D eigenvalue weighted by Gasteiger charge is -2.25. The molecule has 3 amide bonds. The average Bonchev–Trinajstić information content (AvgIpc) is 3.24. The molecule has 4 rings (SSSR count). The van der Waals surface area contributed by atoms with Crippen molar-refractivity contribution in [2.24, 2.45) is 0 Å². The Bertz CT molecular complexity index is 1520. The summed E-state index contributed by atoms with van der Waals surface area (Å²) in [5.74, 6) is 0.213. The molecule has 0 aliphatic rings. The van der Waals surface area contributed by atoms with Gasteiger partial charge < -0.3 is 15.0 Å². The smallest absolute Gasteiger partial charge is 0.331 e. The zero-order valence-electron chi connectivity index (χ0n) is 20.6. The molecular formula is C26H27N5O5S. The Labute approximate surface area is 215 Å². The van der Waals surface area contributed by atoms with E-state index in [1.165, 1.54) is 11.1 Å². The minimum atomic E-state index is -4.32. The third kappa shape index (κ3) is 5.72. The van der Waals surface area contributed by atoms with E-state index in [0.29, 0.717) is 28.0 Å². The number of nitrogens with one attached hydrogen (secondary N) is 2. The predicted octanol–water partition coefficient (Wildman–Crippen LogP) is 3.02. The van der Waals surface area contributed by atoms with Gasteiger partial charge in [0, 0.05) is 36.4 Å². The van der Waals surface area contributed by atoms with E-state index in [1.54, 1.807) is 63.7 Å². The number of rotatable bonds is 8. The van der Waals surface area contributed by atoms with E-state index in [2.05, 4.69) is 10.3 Å². The molecular weight excluding hydrogens is 494 g/mol. The van der Waals surface area contributed by atoms with Gasteiger partial charge >= 0.3 is 16.2 Å². The summed E-state index contributed by atoms with van der Waals surface area (Å²) in [4.78, 5) is 31.8. The number of benzene rings is 2. The molecule has 37 heavy (non-hydrogen) atoms. The SMILES string of the molecule is COc1ccc(N(C)C(=O)[C@H](Cc2ccccc2)NC(=O)NS(=O)(=O)n2c(C)cc3ccncc32)cc1. The summed E-state index contributed by atoms with van der Waals surface area (Å²) in [5, 5.41) is 3.21. The molecule has 0 fully saturated rings. The maximum atomic E-state index is 13.5. The molecule has 4 aromatic rings. The Hall–Kier alpha value is -4.38. The molecule has 192 valence electrons. The lowest BCUT2D eigenvalue weighted by molar-refractivity contribution is -0.120. The van der Waals surface area contributed by atoms with Gasteiger partial charge in [0.25, 0.3) is 0 Å². The number of hydrogen-bond donors (Lipinski definition) is 2. The second kappa shape index (κ2) is 10.7. The Morgan fingerprint density at radius 3 is 2.46 bits per heavy atom. The highest BCUT2D eigenvalue weighted by atomic mass is 32.2. The van der Waals surface area contributed by atoms with Crippen molar-refractivity contribution in [2.75, 3.05) is 19.1 Å². The van der Waals surface area contributed by atoms with Crippen molar-refractivity contribution in [3.8, 4) is 5.75 Å². The molecule has 10 nitrogen and oxygen atoms in total. The van der Waals surface area contributed by atoms with Gasteiger partial charge in [-0.05, 0) is 48.9 Å². The van der Waals surface area contributed by atoms with E-state index >= 15 is 0 Å². The zero-order valence-corrected chi connectivity index (χ0v) is 21.4. The molecule has 0 saturated heterocycles. The molecule has 0 saturated carbocycles. The number of amides is 3. The van der Waals surface area contributed by atoms with Crippen LogP contribution in [0.15, 0.2) is 79.1 Å². The molecule has 2 heterocycles. The van der Waals surface area contributed by atoms with Crippen molar-refractivity contribution in [3.63, 3.8) is 0 Å². The fraction of sp³-hybridized carbons (Fsp3) is 0.192. The van der Waals surface area contributed by atoms with Gasteiger partial charge in [0.1, 0.15) is 11.8 Å². The summed E-state index contributed by atoms with van der Waals surface area (Å²) >= 11 is 0. The summed E-state index contributed by atoms with van der Waals surface area (Å²) in [6, 6.07) is 17.3. The van der Waals surface area contributed by atoms with Crippen molar-refractivity contribution in [1.82, 2.24) is 19.0 Å². The van der Waals surface area contributed by atoms with Crippen molar-refractivity contribution in [2.45, 2.75) is 19.4 Å². The molecule has 0 radical (unpaired) electrons. The summed E-state index contributed by atoms with van der Waals surface area (Å²) in [6.07, 6.45) is 3.12. The Balaban J connectivity index is 1.57. The van der Waals surface area contributed by atoms with Crippen LogP contribution in [0.5, 0.6) is 5.75 Å². The maximum Gasteiger partial charge on any atom is 0.331 e. The first kappa shape index (κ1) is 25.7. The number of methoxy groups -OCH3 is 1. The number of aryl methyl sites for hydroxylation is 1. The van der Waals surface area contributed by atoms with Crippen molar-refractivity contribution < 1.29 is 22.7 Å². The van der Waals surface area contributed by atoms with E-state index in [4.69, 9.17) is 4.74 Å². The lowest BCUT2D eigenvalue weighted by Crippen LogP contribution is -2.53. The van der Waals surface area contributed by atoms with E-state index in [0.717, 1.165) is 9.54 Å². The fourth-order valence-electron chi connectivity index (χ4n) is 4.05. The third-order valence-electron chi connectivity index (χ3n) is 5.87. The maximum absolute atomic E-state index is 13.5. The number of likely N-dealkylation sites (N-methyl/N-ethyl adjacent to an activating group) is 1. The number of nitrogens with zero attached hydrogens (tertiary/aromatic N) is 3. The van der Waals surface area contributed by atoms with Crippen LogP contribution in [0.1, 0.15) is 11.3 Å². The topological polar surface area (TPSA) is 123 Å². The minimum Gasteiger partial charge on any atom is -0.497 e. The van der Waals surface area contributed by atoms with Gasteiger partial charge in [-0.25, -0.2) is 13.5 Å². The van der Waals surface area contributed by atoms with E-state index in [1.807, 2.05) is 35.1 Å². The highest BCUT2D eigenvalue weighted by Gasteiger charge is 2.28. The van der Waals surface area contributed by atoms with E-state index < -0.39 is 28.2 Å². The Morgan fingerprint density at radius 2 is 1.78 bits per heavy atom. The summed E-state index contributed by atoms with van der Waals surface area (Å²) in [6.45, 7) is 1.61. The van der Waals surface area contributed by atoms with Crippen molar-refractivity contribution >= 4 is 38.7 Å². The molecule has 0 aliphatic carbocycles. The summed E-state index contributed by atoms with van der Waals surface area (Å²) in [7, 11) is -1.19. The van der Waals surface area contributed by atoms with Gasteiger partial charge in [0.2, 0.25) is 5.91 Å². The monoisotopic (exact) mass is 521 g/mol. The number of anilines is 1. The summed E-state index contributed by atoms with van der Waals surface area (Å²) in [5.41, 5.74) is 2.11. The largest absolute Gasteiger partial charge is 0.497 e. The average molecular weight is 522 g/mol. The molecule has 2 aromatic heterocycles. The van der Waals surface area contributed by atoms with Crippen LogP contribution in [0.2, 0.25) is 0 Å². The summed E-state index contributed by atoms with van der Waals surface area (Å²) < 4.78 is 34.4. The van der Waals surface area contributed by atoms with Crippen LogP contribution in [0.25, 0.3) is 10.9 Å². The number of aromatic nitrogens is 2. The Kier molecular flexibility index (Phi) is 7.44. The van der Waals surface area contributed by atoms with Crippen LogP contribution in [0, 0.1) is 6.92 Å². The molecule has 0 spiro atoms. The molecule has 2 N–H and O–H groups in total. The normalized spacial score (nSPS) is 12.1. The van der Waals surface area contributed by atoms with Gasteiger partial charge in [0.05, 0.1) is 18.8 Å². The van der Waals surface area contributed by atoms with Crippen LogP contribution >= 0.6 is 0 Å². The molecule has 1 atom stereocenters. The Morgan fingerprint density at radius 1 is 1.08 bits per heavy atom. The van der Waals surface area contributed by atoms with Crippen molar-refractivity contribution in [1.29, 1.82) is 0 Å². The highest BCUT2D eigenvalue weighted by Crippen LogP contribution is 2.21. The standard InChI is InChI=1S/C26H27N5O5S/c1-18-15-20-13-14-27-17-24(20)31(18)37(34,35)29-26(33)28-23(16-19-7-5-4-6-8-19)25(32)30(2)21-9-11-22(36-3)12-10-21/h4-15,17,23H,16H2,1-3H3,(H2,28,29,33)/t23-/m0/s1. The number of fused-ring (bicyclic) bond motifs is 1. The predicted molar refractivity (Wildman–Crippen MR) is 141 cm³/mol. The van der Waals surface area contributed by atoms with Crippen LogP contribution in [0.4, 0.5) is 10.5 Å². The molecule has 0 bridgehead atoms. The number of carbonyl (C=O) groups is 2. The number of hydrogen-bond acceptors (Lipinski definition) is 6. The van der Waals surface area contributed by atoms with Crippen LogP contribution in [-0.4, -0.2) is 49.5 Å². The molecule has 11 heteroatoms. The second-order valence-electron chi connectivity index (χ2n) is 8.40. The number of carbonyl (C=O) groups excluding carboxylic acids is 2. The molecule has 0 unspecified atom stereocenters. The third-order valence-corrected chi connectivity index (χ3v) is 7.28. The first-order chi connectivity index (χ1) is 17.7. The minimum absolute atomic E-state index is 0.156. The van der Waals surface area contributed by atoms with E-state index in [9.17, 15) is 18.0 Å². The van der Waals surface area contributed by atoms with Crippen molar-refractivity contribution in [3.05, 3.63) is 90.4 Å². The highest BCUT2D eigenvalue weighted by molar-refractivity contribution is 7.88. The van der Waals surface area contributed by atoms with Gasteiger partial charge in [-0.2, -0.15) is 8.42 Å². The molecule has 0 aliphatic heterocycles. The van der Waals surface area contributed by atoms with Gasteiger partial charge in [-0.15, -0.1) is 0 Å². The van der Waals surface area contributed by atoms with Crippen LogP contribution < -0.4 is 19.7 Å². The second-order valence-corrected chi connectivity index (χ2v) is 9.92. The van der Waals surface area contributed by atoms with Crippen LogP contribution in [0.3, 0.4) is 0 Å². The number of ether oxygens (including phenoxy) is 1. The first-order valence-electron chi connectivity index (χ1n) is 11.4. The van der Waals surface area contributed by atoms with E-state index in [-0.39, 0.29) is 6.42 Å². The first-order valence-corrected chi connectivity index (χ1v) is 12.8. The number of urea groups is 1.